The Balaban J connectivity index is 1.48. The number of carbonyl (C=O) groups is 1. The largest absolute Gasteiger partial charge is 0.336 e. The molecule has 0 aliphatic carbocycles. The topological polar surface area (TPSA) is 66.1 Å². The molecule has 1 N–H and O–H groups in total. The van der Waals surface area contributed by atoms with Crippen LogP contribution in [0.3, 0.4) is 0 Å². The SMILES string of the molecule is Cc1sc2nc(CCC(=O)N3CCCC3c3ccc(F)cc3)[nH]c(=O)c2c1C. The number of likely N-dealkylation sites (tertiary alicyclic amines) is 1. The summed E-state index contributed by atoms with van der Waals surface area (Å²) in [4.78, 5) is 36.3. The van der Waals surface area contributed by atoms with Crippen molar-refractivity contribution in [2.75, 3.05) is 6.54 Å². The van der Waals surface area contributed by atoms with E-state index in [0.29, 0.717) is 24.2 Å². The van der Waals surface area contributed by atoms with E-state index in [2.05, 4.69) is 9.97 Å². The van der Waals surface area contributed by atoms with Crippen molar-refractivity contribution < 1.29 is 9.18 Å². The number of aryl methyl sites for hydroxylation is 3. The van der Waals surface area contributed by atoms with Crippen LogP contribution in [0, 0.1) is 19.7 Å². The third kappa shape index (κ3) is 3.46. The minimum atomic E-state index is -0.274. The number of thiophene rings is 1. The highest BCUT2D eigenvalue weighted by molar-refractivity contribution is 7.18. The zero-order chi connectivity index (χ0) is 19.8. The molecule has 5 nitrogen and oxygen atoms in total. The molecule has 2 aromatic heterocycles. The van der Waals surface area contributed by atoms with E-state index >= 15 is 0 Å². The lowest BCUT2D eigenvalue weighted by molar-refractivity contribution is -0.132. The fourth-order valence-corrected chi connectivity index (χ4v) is 4.93. The number of aromatic amines is 1. The zero-order valence-electron chi connectivity index (χ0n) is 15.9. The quantitative estimate of drug-likeness (QED) is 0.720. The van der Waals surface area contributed by atoms with Gasteiger partial charge in [-0.3, -0.25) is 9.59 Å². The van der Waals surface area contributed by atoms with Crippen LogP contribution in [0.15, 0.2) is 29.1 Å². The van der Waals surface area contributed by atoms with E-state index in [-0.39, 0.29) is 29.7 Å². The lowest BCUT2D eigenvalue weighted by atomic mass is 10.0. The standard InChI is InChI=1S/C21H22FN3O2S/c1-12-13(2)28-21-19(12)20(27)23-17(24-21)9-10-18(26)25-11-3-4-16(25)14-5-7-15(22)8-6-14/h5-8,16H,3-4,9-11H2,1-2H3,(H,23,24,27). The number of nitrogens with zero attached hydrogens (tertiary/aromatic N) is 2. The van der Waals surface area contributed by atoms with Crippen molar-refractivity contribution in [1.29, 1.82) is 0 Å². The minimum Gasteiger partial charge on any atom is -0.336 e. The Morgan fingerprint density at radius 1 is 1.32 bits per heavy atom. The first-order valence-corrected chi connectivity index (χ1v) is 10.3. The Hall–Kier alpha value is -2.54. The third-order valence-corrected chi connectivity index (χ3v) is 6.59. The number of hydrogen-bond acceptors (Lipinski definition) is 4. The number of benzene rings is 1. The molecule has 3 aromatic rings. The second kappa shape index (κ2) is 7.47. The number of hydrogen-bond donors (Lipinski definition) is 1. The summed E-state index contributed by atoms with van der Waals surface area (Å²) >= 11 is 1.51. The van der Waals surface area contributed by atoms with Gasteiger partial charge < -0.3 is 9.88 Å². The van der Waals surface area contributed by atoms with E-state index < -0.39 is 0 Å². The van der Waals surface area contributed by atoms with E-state index in [1.807, 2.05) is 18.7 Å². The van der Waals surface area contributed by atoms with Gasteiger partial charge in [0.1, 0.15) is 16.5 Å². The van der Waals surface area contributed by atoms with Gasteiger partial charge in [-0.05, 0) is 49.9 Å². The monoisotopic (exact) mass is 399 g/mol. The van der Waals surface area contributed by atoms with Crippen LogP contribution in [0.1, 0.15) is 47.1 Å². The molecule has 1 unspecified atom stereocenters. The number of H-pyrrole nitrogens is 1. The molecule has 1 atom stereocenters. The Morgan fingerprint density at radius 3 is 2.82 bits per heavy atom. The molecule has 146 valence electrons. The number of halogens is 1. The number of fused-ring (bicyclic) bond motifs is 1. The Kier molecular flexibility index (Phi) is 5.02. The van der Waals surface area contributed by atoms with Gasteiger partial charge in [-0.15, -0.1) is 11.3 Å². The summed E-state index contributed by atoms with van der Waals surface area (Å²) in [5.41, 5.74) is 1.79. The highest BCUT2D eigenvalue weighted by Gasteiger charge is 2.29. The predicted octanol–water partition coefficient (Wildman–Crippen LogP) is 4.04. The van der Waals surface area contributed by atoms with Gasteiger partial charge in [-0.25, -0.2) is 9.37 Å². The van der Waals surface area contributed by atoms with Gasteiger partial charge in [0.2, 0.25) is 5.91 Å². The smallest absolute Gasteiger partial charge is 0.259 e. The van der Waals surface area contributed by atoms with Gasteiger partial charge in [-0.2, -0.15) is 0 Å². The van der Waals surface area contributed by atoms with Crippen molar-refractivity contribution in [2.24, 2.45) is 0 Å². The van der Waals surface area contributed by atoms with Crippen molar-refractivity contribution in [3.8, 4) is 0 Å². The molecule has 7 heteroatoms. The molecule has 0 radical (unpaired) electrons. The Labute approximate surface area is 166 Å². The minimum absolute atomic E-state index is 0.00909. The average molecular weight is 399 g/mol. The summed E-state index contributed by atoms with van der Waals surface area (Å²) in [7, 11) is 0. The van der Waals surface area contributed by atoms with Crippen LogP contribution in [0.2, 0.25) is 0 Å². The van der Waals surface area contributed by atoms with E-state index in [1.165, 1.54) is 23.5 Å². The zero-order valence-corrected chi connectivity index (χ0v) is 16.7. The summed E-state index contributed by atoms with van der Waals surface area (Å²) in [5, 5.41) is 0.647. The van der Waals surface area contributed by atoms with Gasteiger partial charge in [0.15, 0.2) is 0 Å². The lowest BCUT2D eigenvalue weighted by Crippen LogP contribution is -2.31. The first kappa shape index (κ1) is 18.8. The van der Waals surface area contributed by atoms with Crippen molar-refractivity contribution >= 4 is 27.5 Å². The maximum atomic E-state index is 13.2. The van der Waals surface area contributed by atoms with Crippen LogP contribution in [0.4, 0.5) is 4.39 Å². The van der Waals surface area contributed by atoms with Gasteiger partial charge in [0.05, 0.1) is 11.4 Å². The molecule has 1 amide bonds. The summed E-state index contributed by atoms with van der Waals surface area (Å²) in [6.45, 7) is 4.61. The third-order valence-electron chi connectivity index (χ3n) is 5.49. The van der Waals surface area contributed by atoms with Gasteiger partial charge in [0.25, 0.3) is 5.56 Å². The number of aromatic nitrogens is 2. The van der Waals surface area contributed by atoms with Crippen LogP contribution in [-0.4, -0.2) is 27.3 Å². The summed E-state index contributed by atoms with van der Waals surface area (Å²) in [5.74, 6) is 0.307. The number of nitrogens with one attached hydrogen (secondary N) is 1. The molecule has 0 spiro atoms. The molecule has 1 fully saturated rings. The van der Waals surface area contributed by atoms with E-state index in [1.54, 1.807) is 12.1 Å². The van der Waals surface area contributed by atoms with Crippen molar-refractivity contribution in [1.82, 2.24) is 14.9 Å². The molecule has 4 rings (SSSR count). The summed E-state index contributed by atoms with van der Waals surface area (Å²) < 4.78 is 13.2. The number of rotatable bonds is 4. The van der Waals surface area contributed by atoms with Gasteiger partial charge >= 0.3 is 0 Å². The van der Waals surface area contributed by atoms with Crippen molar-refractivity contribution in [3.63, 3.8) is 0 Å². The molecule has 0 saturated carbocycles. The van der Waals surface area contributed by atoms with Crippen LogP contribution in [0.5, 0.6) is 0 Å². The van der Waals surface area contributed by atoms with E-state index in [0.717, 1.165) is 33.7 Å². The predicted molar refractivity (Wildman–Crippen MR) is 108 cm³/mol. The Morgan fingerprint density at radius 2 is 2.07 bits per heavy atom. The molecule has 1 aliphatic rings. The molecular formula is C21H22FN3O2S. The van der Waals surface area contributed by atoms with Crippen LogP contribution in [0.25, 0.3) is 10.2 Å². The molecule has 1 aliphatic heterocycles. The van der Waals surface area contributed by atoms with E-state index in [9.17, 15) is 14.0 Å². The lowest BCUT2D eigenvalue weighted by Gasteiger charge is -2.25. The summed E-state index contributed by atoms with van der Waals surface area (Å²) in [6.07, 6.45) is 2.50. The second-order valence-corrected chi connectivity index (χ2v) is 8.48. The number of amides is 1. The van der Waals surface area contributed by atoms with Gasteiger partial charge in [-0.1, -0.05) is 12.1 Å². The van der Waals surface area contributed by atoms with E-state index in [4.69, 9.17) is 0 Å². The fourth-order valence-electron chi connectivity index (χ4n) is 3.88. The fraction of sp³-hybridized carbons (Fsp3) is 0.381. The molecule has 3 heterocycles. The first-order valence-electron chi connectivity index (χ1n) is 9.48. The van der Waals surface area contributed by atoms with Crippen molar-refractivity contribution in [3.05, 3.63) is 62.3 Å². The Bertz CT molecular complexity index is 1090. The normalized spacial score (nSPS) is 16.8. The van der Waals surface area contributed by atoms with Crippen molar-refractivity contribution in [2.45, 2.75) is 45.6 Å². The first-order chi connectivity index (χ1) is 13.4. The average Bonchev–Trinajstić information content (AvgIpc) is 3.26. The van der Waals surface area contributed by atoms with Crippen LogP contribution >= 0.6 is 11.3 Å². The highest BCUT2D eigenvalue weighted by atomic mass is 32.1. The van der Waals surface area contributed by atoms with Crippen LogP contribution in [-0.2, 0) is 11.2 Å². The molecular weight excluding hydrogens is 377 g/mol. The number of carbonyl (C=O) groups excluding carboxylic acids is 1. The van der Waals surface area contributed by atoms with Gasteiger partial charge in [0, 0.05) is 24.3 Å². The van der Waals surface area contributed by atoms with Crippen LogP contribution < -0.4 is 5.56 Å². The molecule has 1 saturated heterocycles. The molecule has 0 bridgehead atoms. The second-order valence-electron chi connectivity index (χ2n) is 7.27. The molecule has 28 heavy (non-hydrogen) atoms. The highest BCUT2D eigenvalue weighted by Crippen LogP contribution is 2.32. The maximum Gasteiger partial charge on any atom is 0.259 e. The maximum absolute atomic E-state index is 13.2. The molecule has 1 aromatic carbocycles. The summed E-state index contributed by atoms with van der Waals surface area (Å²) in [6, 6.07) is 6.36.